The van der Waals surface area contributed by atoms with E-state index in [1.54, 1.807) is 0 Å². The molecule has 26 heavy (non-hydrogen) atoms. The van der Waals surface area contributed by atoms with Gasteiger partial charge in [-0.15, -0.1) is 0 Å². The van der Waals surface area contributed by atoms with Crippen LogP contribution in [0.15, 0.2) is 120 Å². The zero-order chi connectivity index (χ0) is 17.8. The van der Waals surface area contributed by atoms with Crippen molar-refractivity contribution in [2.45, 2.75) is 5.41 Å². The average molecular weight is 399 g/mol. The van der Waals surface area contributed by atoms with E-state index in [4.69, 9.17) is 0 Å². The van der Waals surface area contributed by atoms with Crippen LogP contribution in [0.5, 0.6) is 0 Å². The number of hydrogen-bond acceptors (Lipinski definition) is 0. The van der Waals surface area contributed by atoms with Gasteiger partial charge < -0.3 is 0 Å². The second-order valence-electron chi connectivity index (χ2n) is 6.35. The molecule has 0 aliphatic heterocycles. The van der Waals surface area contributed by atoms with Crippen molar-refractivity contribution in [2.24, 2.45) is 0 Å². The fourth-order valence-electron chi connectivity index (χ4n) is 3.76. The molecule has 126 valence electrons. The van der Waals surface area contributed by atoms with Gasteiger partial charge in [0.2, 0.25) is 0 Å². The van der Waals surface area contributed by atoms with Crippen LogP contribution in [0.4, 0.5) is 0 Å². The highest BCUT2D eigenvalue weighted by Crippen LogP contribution is 2.45. The number of benzene rings is 4. The summed E-state index contributed by atoms with van der Waals surface area (Å²) < 4.78 is 1.09. The largest absolute Gasteiger partial charge is 0.0701 e. The third-order valence-electron chi connectivity index (χ3n) is 4.90. The standard InChI is InChI=1S/C25H19Br/c26-24-18-16-23(17-19-24)25(20-10-4-1-5-11-20,21-12-6-2-7-13-21)22-14-8-3-9-15-22/h1-19H. The van der Waals surface area contributed by atoms with Gasteiger partial charge >= 0.3 is 0 Å². The first-order valence-electron chi connectivity index (χ1n) is 8.74. The lowest BCUT2D eigenvalue weighted by Crippen LogP contribution is -2.30. The normalized spacial score (nSPS) is 11.3. The Morgan fingerprint density at radius 2 is 0.692 bits per heavy atom. The molecule has 0 atom stereocenters. The van der Waals surface area contributed by atoms with E-state index in [2.05, 4.69) is 131 Å². The maximum atomic E-state index is 3.58. The van der Waals surface area contributed by atoms with Crippen LogP contribution in [-0.2, 0) is 5.41 Å². The fraction of sp³-hybridized carbons (Fsp3) is 0.0400. The first kappa shape index (κ1) is 16.8. The second kappa shape index (κ2) is 7.31. The molecule has 4 aromatic rings. The van der Waals surface area contributed by atoms with Gasteiger partial charge in [-0.1, -0.05) is 119 Å². The Balaban J connectivity index is 2.12. The summed E-state index contributed by atoms with van der Waals surface area (Å²) >= 11 is 3.58. The predicted molar refractivity (Wildman–Crippen MR) is 112 cm³/mol. The van der Waals surface area contributed by atoms with Gasteiger partial charge in [0, 0.05) is 4.47 Å². The Hall–Kier alpha value is -2.64. The quantitative estimate of drug-likeness (QED) is 0.330. The molecule has 0 spiro atoms. The van der Waals surface area contributed by atoms with E-state index in [0.717, 1.165) is 4.47 Å². The zero-order valence-corrected chi connectivity index (χ0v) is 15.9. The predicted octanol–water partition coefficient (Wildman–Crippen LogP) is 6.83. The van der Waals surface area contributed by atoms with Crippen LogP contribution in [0, 0.1) is 0 Å². The van der Waals surface area contributed by atoms with E-state index in [9.17, 15) is 0 Å². The monoisotopic (exact) mass is 398 g/mol. The molecule has 0 nitrogen and oxygen atoms in total. The van der Waals surface area contributed by atoms with Gasteiger partial charge in [0.05, 0.1) is 5.41 Å². The average Bonchev–Trinajstić information content (AvgIpc) is 2.72. The van der Waals surface area contributed by atoms with E-state index in [1.807, 2.05) is 0 Å². The molecule has 0 radical (unpaired) electrons. The molecule has 0 N–H and O–H groups in total. The highest BCUT2D eigenvalue weighted by Gasteiger charge is 2.37. The maximum absolute atomic E-state index is 3.58. The van der Waals surface area contributed by atoms with E-state index in [0.29, 0.717) is 0 Å². The zero-order valence-electron chi connectivity index (χ0n) is 14.3. The van der Waals surface area contributed by atoms with Crippen molar-refractivity contribution >= 4 is 15.9 Å². The Morgan fingerprint density at radius 3 is 1.04 bits per heavy atom. The lowest BCUT2D eigenvalue weighted by atomic mass is 9.65. The molecule has 1 heteroatoms. The van der Waals surface area contributed by atoms with Crippen LogP contribution in [0.25, 0.3) is 0 Å². The third-order valence-corrected chi connectivity index (χ3v) is 5.43. The SMILES string of the molecule is Brc1ccc(C(c2ccccc2)(c2ccccc2)c2ccccc2)cc1. The lowest BCUT2D eigenvalue weighted by molar-refractivity contribution is 0.745. The summed E-state index contributed by atoms with van der Waals surface area (Å²) in [4.78, 5) is 0. The van der Waals surface area contributed by atoms with Gasteiger partial charge in [0.25, 0.3) is 0 Å². The van der Waals surface area contributed by atoms with Gasteiger partial charge in [-0.05, 0) is 34.4 Å². The lowest BCUT2D eigenvalue weighted by Gasteiger charge is -2.36. The summed E-state index contributed by atoms with van der Waals surface area (Å²) in [6, 6.07) is 41.0. The Kier molecular flexibility index (Phi) is 4.73. The minimum absolute atomic E-state index is 0.357. The molecular weight excluding hydrogens is 380 g/mol. The maximum Gasteiger partial charge on any atom is 0.0701 e. The van der Waals surface area contributed by atoms with E-state index in [1.165, 1.54) is 22.3 Å². The summed E-state index contributed by atoms with van der Waals surface area (Å²) in [5, 5.41) is 0. The molecule has 0 unspecified atom stereocenters. The van der Waals surface area contributed by atoms with Gasteiger partial charge in [-0.2, -0.15) is 0 Å². The van der Waals surface area contributed by atoms with Crippen LogP contribution < -0.4 is 0 Å². The highest BCUT2D eigenvalue weighted by atomic mass is 79.9. The Labute approximate surface area is 163 Å². The third kappa shape index (κ3) is 2.89. The van der Waals surface area contributed by atoms with Gasteiger partial charge in [0.1, 0.15) is 0 Å². The van der Waals surface area contributed by atoms with Crippen LogP contribution in [0.3, 0.4) is 0 Å². The molecule has 0 aliphatic rings. The molecule has 0 amide bonds. The second-order valence-corrected chi connectivity index (χ2v) is 7.27. The summed E-state index contributed by atoms with van der Waals surface area (Å²) in [6.07, 6.45) is 0. The van der Waals surface area contributed by atoms with Crippen molar-refractivity contribution in [1.82, 2.24) is 0 Å². The Morgan fingerprint density at radius 1 is 0.385 bits per heavy atom. The van der Waals surface area contributed by atoms with Crippen molar-refractivity contribution in [3.05, 3.63) is 142 Å². The van der Waals surface area contributed by atoms with E-state index < -0.39 is 0 Å². The summed E-state index contributed by atoms with van der Waals surface area (Å²) in [6.45, 7) is 0. The van der Waals surface area contributed by atoms with Gasteiger partial charge in [0.15, 0.2) is 0 Å². The molecule has 0 fully saturated rings. The first-order chi connectivity index (χ1) is 12.8. The van der Waals surface area contributed by atoms with Crippen LogP contribution >= 0.6 is 15.9 Å². The fourth-order valence-corrected chi connectivity index (χ4v) is 4.03. The number of hydrogen-bond donors (Lipinski definition) is 0. The first-order valence-corrected chi connectivity index (χ1v) is 9.54. The molecule has 4 rings (SSSR count). The van der Waals surface area contributed by atoms with Gasteiger partial charge in [-0.25, -0.2) is 0 Å². The number of halogens is 1. The number of rotatable bonds is 4. The van der Waals surface area contributed by atoms with Crippen molar-refractivity contribution in [1.29, 1.82) is 0 Å². The van der Waals surface area contributed by atoms with Crippen molar-refractivity contribution in [3.8, 4) is 0 Å². The van der Waals surface area contributed by atoms with Crippen molar-refractivity contribution in [2.75, 3.05) is 0 Å². The van der Waals surface area contributed by atoms with E-state index in [-0.39, 0.29) is 5.41 Å². The van der Waals surface area contributed by atoms with Crippen LogP contribution in [-0.4, -0.2) is 0 Å². The van der Waals surface area contributed by atoms with Crippen LogP contribution in [0.2, 0.25) is 0 Å². The van der Waals surface area contributed by atoms with Gasteiger partial charge in [-0.3, -0.25) is 0 Å². The molecule has 4 aromatic carbocycles. The molecule has 0 saturated heterocycles. The topological polar surface area (TPSA) is 0 Å². The molecule has 0 aliphatic carbocycles. The molecule has 0 bridgehead atoms. The van der Waals surface area contributed by atoms with Crippen LogP contribution in [0.1, 0.15) is 22.3 Å². The molecule has 0 heterocycles. The smallest absolute Gasteiger partial charge is 0.0622 e. The minimum atomic E-state index is -0.357. The molecule has 0 aromatic heterocycles. The summed E-state index contributed by atoms with van der Waals surface area (Å²) in [5.74, 6) is 0. The summed E-state index contributed by atoms with van der Waals surface area (Å²) in [7, 11) is 0. The summed E-state index contributed by atoms with van der Waals surface area (Å²) in [5.41, 5.74) is 4.69. The minimum Gasteiger partial charge on any atom is -0.0622 e. The van der Waals surface area contributed by atoms with E-state index >= 15 is 0 Å². The Bertz CT molecular complexity index is 862. The highest BCUT2D eigenvalue weighted by molar-refractivity contribution is 9.10. The van der Waals surface area contributed by atoms with Crippen molar-refractivity contribution in [3.63, 3.8) is 0 Å². The molecular formula is C25H19Br. The molecule has 0 saturated carbocycles. The van der Waals surface area contributed by atoms with Crippen molar-refractivity contribution < 1.29 is 0 Å².